The number of hydrogen-bond acceptors (Lipinski definition) is 4. The highest BCUT2D eigenvalue weighted by Crippen LogP contribution is 2.24. The summed E-state index contributed by atoms with van der Waals surface area (Å²) in [5.41, 5.74) is 7.59. The summed E-state index contributed by atoms with van der Waals surface area (Å²) in [6, 6.07) is 12.4. The van der Waals surface area contributed by atoms with Crippen molar-refractivity contribution < 1.29 is 14.3 Å². The van der Waals surface area contributed by atoms with Gasteiger partial charge in [-0.1, -0.05) is 20.8 Å². The van der Waals surface area contributed by atoms with Gasteiger partial charge in [0.25, 0.3) is 5.91 Å². The van der Waals surface area contributed by atoms with E-state index in [1.54, 1.807) is 18.2 Å². The number of rotatable bonds is 8. The van der Waals surface area contributed by atoms with Gasteiger partial charge >= 0.3 is 0 Å². The summed E-state index contributed by atoms with van der Waals surface area (Å²) in [5.74, 6) is 1.64. The third kappa shape index (κ3) is 5.71. The second kappa shape index (κ2) is 8.97. The van der Waals surface area contributed by atoms with Gasteiger partial charge in [0, 0.05) is 11.3 Å². The fourth-order valence-corrected chi connectivity index (χ4v) is 2.13. The molecule has 2 rings (SSSR count). The molecular formula is C20H26N2O3. The molecule has 3 N–H and O–H groups in total. The lowest BCUT2D eigenvalue weighted by Crippen LogP contribution is -2.12. The fraction of sp³-hybridized carbons (Fsp3) is 0.350. The number of nitrogens with two attached hydrogens (primary N) is 1. The first-order chi connectivity index (χ1) is 12.0. The van der Waals surface area contributed by atoms with Crippen molar-refractivity contribution in [3.63, 3.8) is 0 Å². The molecule has 0 aliphatic carbocycles. The summed E-state index contributed by atoms with van der Waals surface area (Å²) < 4.78 is 11.2. The molecule has 5 heteroatoms. The van der Waals surface area contributed by atoms with E-state index in [0.717, 1.165) is 12.2 Å². The van der Waals surface area contributed by atoms with E-state index in [4.69, 9.17) is 15.2 Å². The van der Waals surface area contributed by atoms with Crippen LogP contribution in [0.3, 0.4) is 0 Å². The van der Waals surface area contributed by atoms with Crippen molar-refractivity contribution in [3.05, 3.63) is 48.0 Å². The SMILES string of the molecule is CCCOc1ccc(C(=O)Nc2ccc(OCC(C)C)cc2)cc1N. The molecule has 134 valence electrons. The molecule has 0 atom stereocenters. The average molecular weight is 342 g/mol. The predicted molar refractivity (Wildman–Crippen MR) is 101 cm³/mol. The van der Waals surface area contributed by atoms with E-state index in [1.807, 2.05) is 31.2 Å². The summed E-state index contributed by atoms with van der Waals surface area (Å²) in [5, 5.41) is 2.85. The van der Waals surface area contributed by atoms with Crippen LogP contribution in [0.5, 0.6) is 11.5 Å². The Morgan fingerprint density at radius 3 is 2.44 bits per heavy atom. The molecule has 0 fully saturated rings. The largest absolute Gasteiger partial charge is 0.493 e. The summed E-state index contributed by atoms with van der Waals surface area (Å²) in [6.07, 6.45) is 0.901. The molecule has 0 unspecified atom stereocenters. The number of carbonyl (C=O) groups is 1. The third-order valence-electron chi connectivity index (χ3n) is 3.43. The van der Waals surface area contributed by atoms with Crippen LogP contribution in [0.15, 0.2) is 42.5 Å². The van der Waals surface area contributed by atoms with Crippen LogP contribution in [-0.2, 0) is 0 Å². The van der Waals surface area contributed by atoms with Crippen molar-refractivity contribution in [2.45, 2.75) is 27.2 Å². The van der Waals surface area contributed by atoms with Gasteiger partial charge < -0.3 is 20.5 Å². The summed E-state index contributed by atoms with van der Waals surface area (Å²) in [7, 11) is 0. The maximum absolute atomic E-state index is 12.4. The van der Waals surface area contributed by atoms with Crippen LogP contribution in [0.1, 0.15) is 37.6 Å². The minimum absolute atomic E-state index is 0.218. The Morgan fingerprint density at radius 1 is 1.12 bits per heavy atom. The van der Waals surface area contributed by atoms with E-state index in [-0.39, 0.29) is 5.91 Å². The van der Waals surface area contributed by atoms with Crippen molar-refractivity contribution in [1.29, 1.82) is 0 Å². The Labute approximate surface area is 149 Å². The van der Waals surface area contributed by atoms with E-state index in [9.17, 15) is 4.79 Å². The van der Waals surface area contributed by atoms with Gasteiger partial charge in [-0.05, 0) is 54.8 Å². The van der Waals surface area contributed by atoms with Gasteiger partial charge in [-0.3, -0.25) is 4.79 Å². The van der Waals surface area contributed by atoms with Crippen LogP contribution >= 0.6 is 0 Å². The summed E-state index contributed by atoms with van der Waals surface area (Å²) in [6.45, 7) is 7.48. The smallest absolute Gasteiger partial charge is 0.255 e. The molecule has 0 saturated carbocycles. The lowest BCUT2D eigenvalue weighted by molar-refractivity contribution is 0.102. The van der Waals surface area contributed by atoms with E-state index >= 15 is 0 Å². The van der Waals surface area contributed by atoms with Gasteiger partial charge in [-0.15, -0.1) is 0 Å². The quantitative estimate of drug-likeness (QED) is 0.700. The van der Waals surface area contributed by atoms with Crippen molar-refractivity contribution >= 4 is 17.3 Å². The third-order valence-corrected chi connectivity index (χ3v) is 3.43. The van der Waals surface area contributed by atoms with Crippen molar-refractivity contribution in [3.8, 4) is 11.5 Å². The standard InChI is InChI=1S/C20H26N2O3/c1-4-11-24-19-10-5-15(12-18(19)21)20(23)22-16-6-8-17(9-7-16)25-13-14(2)3/h5-10,12,14H,4,11,13,21H2,1-3H3,(H,22,23). The number of benzene rings is 2. The first-order valence-electron chi connectivity index (χ1n) is 8.56. The summed E-state index contributed by atoms with van der Waals surface area (Å²) in [4.78, 5) is 12.4. The molecule has 2 aromatic carbocycles. The Balaban J connectivity index is 1.98. The minimum atomic E-state index is -0.218. The number of anilines is 2. The normalized spacial score (nSPS) is 10.6. The van der Waals surface area contributed by atoms with E-state index in [1.165, 1.54) is 0 Å². The van der Waals surface area contributed by atoms with Crippen molar-refractivity contribution in [1.82, 2.24) is 0 Å². The minimum Gasteiger partial charge on any atom is -0.493 e. The second-order valence-corrected chi connectivity index (χ2v) is 6.28. The summed E-state index contributed by atoms with van der Waals surface area (Å²) >= 11 is 0. The highest BCUT2D eigenvalue weighted by Gasteiger charge is 2.09. The zero-order valence-electron chi connectivity index (χ0n) is 15.0. The highest BCUT2D eigenvalue weighted by atomic mass is 16.5. The molecule has 0 heterocycles. The van der Waals surface area contributed by atoms with E-state index in [0.29, 0.717) is 41.8 Å². The molecule has 0 aliphatic rings. The molecule has 0 bridgehead atoms. The predicted octanol–water partition coefficient (Wildman–Crippen LogP) is 4.34. The Kier molecular flexibility index (Phi) is 6.69. The van der Waals surface area contributed by atoms with E-state index < -0.39 is 0 Å². The molecule has 0 aliphatic heterocycles. The maximum Gasteiger partial charge on any atom is 0.255 e. The molecule has 5 nitrogen and oxygen atoms in total. The maximum atomic E-state index is 12.4. The first kappa shape index (κ1) is 18.6. The molecule has 25 heavy (non-hydrogen) atoms. The molecule has 0 aromatic heterocycles. The molecule has 0 radical (unpaired) electrons. The van der Waals surface area contributed by atoms with Crippen LogP contribution in [0, 0.1) is 5.92 Å². The van der Waals surface area contributed by atoms with Crippen LogP contribution in [0.2, 0.25) is 0 Å². The van der Waals surface area contributed by atoms with Crippen molar-refractivity contribution in [2.75, 3.05) is 24.3 Å². The molecule has 0 spiro atoms. The topological polar surface area (TPSA) is 73.6 Å². The number of hydrogen-bond donors (Lipinski definition) is 2. The molecule has 2 aromatic rings. The van der Waals surface area contributed by atoms with Gasteiger partial charge in [0.15, 0.2) is 0 Å². The van der Waals surface area contributed by atoms with E-state index in [2.05, 4.69) is 19.2 Å². The number of nitrogen functional groups attached to an aromatic ring is 1. The number of ether oxygens (including phenoxy) is 2. The van der Waals surface area contributed by atoms with Gasteiger partial charge in [-0.25, -0.2) is 0 Å². The second-order valence-electron chi connectivity index (χ2n) is 6.28. The van der Waals surface area contributed by atoms with Crippen LogP contribution in [-0.4, -0.2) is 19.1 Å². The van der Waals surface area contributed by atoms with Crippen LogP contribution in [0.4, 0.5) is 11.4 Å². The zero-order valence-corrected chi connectivity index (χ0v) is 15.0. The Morgan fingerprint density at radius 2 is 1.84 bits per heavy atom. The number of carbonyl (C=O) groups excluding carboxylic acids is 1. The van der Waals surface area contributed by atoms with Gasteiger partial charge in [0.1, 0.15) is 11.5 Å². The van der Waals surface area contributed by atoms with Crippen LogP contribution < -0.4 is 20.5 Å². The highest BCUT2D eigenvalue weighted by molar-refractivity contribution is 6.05. The average Bonchev–Trinajstić information content (AvgIpc) is 2.60. The Bertz CT molecular complexity index is 697. The Hall–Kier alpha value is -2.69. The van der Waals surface area contributed by atoms with Gasteiger partial charge in [0.2, 0.25) is 0 Å². The fourth-order valence-electron chi connectivity index (χ4n) is 2.13. The van der Waals surface area contributed by atoms with Gasteiger partial charge in [0.05, 0.1) is 18.9 Å². The molecular weight excluding hydrogens is 316 g/mol. The number of amides is 1. The monoisotopic (exact) mass is 342 g/mol. The molecule has 0 saturated heterocycles. The first-order valence-corrected chi connectivity index (χ1v) is 8.56. The van der Waals surface area contributed by atoms with Crippen LogP contribution in [0.25, 0.3) is 0 Å². The zero-order chi connectivity index (χ0) is 18.2. The van der Waals surface area contributed by atoms with Crippen molar-refractivity contribution in [2.24, 2.45) is 5.92 Å². The molecule has 1 amide bonds. The van der Waals surface area contributed by atoms with Gasteiger partial charge in [-0.2, -0.15) is 0 Å². The lowest BCUT2D eigenvalue weighted by atomic mass is 10.1. The number of nitrogens with one attached hydrogen (secondary N) is 1. The lowest BCUT2D eigenvalue weighted by Gasteiger charge is -2.11.